The largest absolute Gasteiger partial charge is 0.336 e. The number of nitrogens with zero attached hydrogens (tertiary/aromatic N) is 1. The maximum Gasteiger partial charge on any atom is 0.317 e. The molecule has 98 valence electrons. The van der Waals surface area contributed by atoms with Crippen molar-refractivity contribution in [3.8, 4) is 0 Å². The summed E-state index contributed by atoms with van der Waals surface area (Å²) in [6.45, 7) is 5.47. The first kappa shape index (κ1) is 12.9. The highest BCUT2D eigenvalue weighted by atomic mass is 19.1. The second-order valence-corrected chi connectivity index (χ2v) is 4.91. The number of likely N-dealkylation sites (tertiary alicyclic amines) is 1. The van der Waals surface area contributed by atoms with Crippen LogP contribution in [0.2, 0.25) is 0 Å². The Morgan fingerprint density at radius 3 is 2.61 bits per heavy atom. The number of benzene rings is 1. The van der Waals surface area contributed by atoms with Gasteiger partial charge >= 0.3 is 6.03 Å². The summed E-state index contributed by atoms with van der Waals surface area (Å²) >= 11 is 0. The minimum atomic E-state index is -0.218. The van der Waals surface area contributed by atoms with E-state index >= 15 is 0 Å². The molecule has 2 rings (SSSR count). The van der Waals surface area contributed by atoms with E-state index in [1.807, 2.05) is 13.8 Å². The first-order valence-corrected chi connectivity index (χ1v) is 6.41. The van der Waals surface area contributed by atoms with Crippen LogP contribution in [0.1, 0.15) is 31.7 Å². The van der Waals surface area contributed by atoms with Crippen LogP contribution < -0.4 is 5.32 Å². The lowest BCUT2D eigenvalue weighted by molar-refractivity contribution is 0.148. The summed E-state index contributed by atoms with van der Waals surface area (Å²) in [4.78, 5) is 13.6. The van der Waals surface area contributed by atoms with Gasteiger partial charge in [0.1, 0.15) is 5.82 Å². The average Bonchev–Trinajstić information content (AvgIpc) is 2.29. The van der Waals surface area contributed by atoms with Gasteiger partial charge in [0.25, 0.3) is 0 Å². The molecule has 1 unspecified atom stereocenters. The molecule has 0 radical (unpaired) electrons. The number of rotatable bonds is 3. The molecule has 1 aliphatic rings. The van der Waals surface area contributed by atoms with Crippen molar-refractivity contribution < 1.29 is 9.18 Å². The predicted molar refractivity (Wildman–Crippen MR) is 69.0 cm³/mol. The van der Waals surface area contributed by atoms with E-state index in [-0.39, 0.29) is 17.9 Å². The number of carbonyl (C=O) groups is 1. The van der Waals surface area contributed by atoms with Crippen molar-refractivity contribution in [2.24, 2.45) is 0 Å². The minimum Gasteiger partial charge on any atom is -0.336 e. The molecule has 0 aliphatic carbocycles. The Labute approximate surface area is 107 Å². The van der Waals surface area contributed by atoms with E-state index in [4.69, 9.17) is 0 Å². The average molecular weight is 250 g/mol. The zero-order valence-corrected chi connectivity index (χ0v) is 10.8. The van der Waals surface area contributed by atoms with Crippen LogP contribution in [0.4, 0.5) is 9.18 Å². The standard InChI is InChI=1S/C14H19FN2O/c1-3-10(2)16-14(18)17-8-12(9-17)11-4-6-13(15)7-5-11/h4-7,10,12H,3,8-9H2,1-2H3,(H,16,18). The summed E-state index contributed by atoms with van der Waals surface area (Å²) in [5.74, 6) is 0.123. The van der Waals surface area contributed by atoms with Crippen LogP contribution in [0.3, 0.4) is 0 Å². The van der Waals surface area contributed by atoms with Crippen molar-refractivity contribution in [3.63, 3.8) is 0 Å². The maximum atomic E-state index is 12.8. The second kappa shape index (κ2) is 5.38. The van der Waals surface area contributed by atoms with E-state index in [9.17, 15) is 9.18 Å². The third-order valence-electron chi connectivity index (χ3n) is 3.49. The highest BCUT2D eigenvalue weighted by Gasteiger charge is 2.31. The smallest absolute Gasteiger partial charge is 0.317 e. The van der Waals surface area contributed by atoms with Crippen LogP contribution in [0.25, 0.3) is 0 Å². The molecule has 1 aromatic carbocycles. The van der Waals surface area contributed by atoms with Crippen molar-refractivity contribution in [1.29, 1.82) is 0 Å². The molecule has 0 aromatic heterocycles. The maximum absolute atomic E-state index is 12.8. The van der Waals surface area contributed by atoms with Crippen LogP contribution >= 0.6 is 0 Å². The second-order valence-electron chi connectivity index (χ2n) is 4.91. The quantitative estimate of drug-likeness (QED) is 0.879. The van der Waals surface area contributed by atoms with Gasteiger partial charge in [0.15, 0.2) is 0 Å². The van der Waals surface area contributed by atoms with Gasteiger partial charge in [0, 0.05) is 25.0 Å². The van der Waals surface area contributed by atoms with Crippen LogP contribution in [-0.4, -0.2) is 30.1 Å². The Kier molecular flexibility index (Phi) is 3.84. The Hall–Kier alpha value is -1.58. The Morgan fingerprint density at radius 2 is 2.06 bits per heavy atom. The van der Waals surface area contributed by atoms with Gasteiger partial charge in [-0.2, -0.15) is 0 Å². The van der Waals surface area contributed by atoms with Crippen molar-refractivity contribution in [2.45, 2.75) is 32.2 Å². The van der Waals surface area contributed by atoms with E-state index in [1.54, 1.807) is 17.0 Å². The lowest BCUT2D eigenvalue weighted by Crippen LogP contribution is -2.54. The Morgan fingerprint density at radius 1 is 1.44 bits per heavy atom. The number of amides is 2. The summed E-state index contributed by atoms with van der Waals surface area (Å²) < 4.78 is 12.8. The van der Waals surface area contributed by atoms with E-state index in [0.717, 1.165) is 12.0 Å². The van der Waals surface area contributed by atoms with Gasteiger partial charge in [-0.1, -0.05) is 19.1 Å². The Bertz CT molecular complexity index is 412. The molecule has 1 aliphatic heterocycles. The van der Waals surface area contributed by atoms with Crippen molar-refractivity contribution >= 4 is 6.03 Å². The van der Waals surface area contributed by atoms with Gasteiger partial charge in [-0.25, -0.2) is 9.18 Å². The molecule has 0 saturated carbocycles. The molecule has 4 heteroatoms. The fourth-order valence-electron chi connectivity index (χ4n) is 1.99. The molecule has 1 atom stereocenters. The number of hydrogen-bond donors (Lipinski definition) is 1. The number of hydrogen-bond acceptors (Lipinski definition) is 1. The van der Waals surface area contributed by atoms with Crippen LogP contribution in [0.5, 0.6) is 0 Å². The van der Waals surface area contributed by atoms with E-state index in [2.05, 4.69) is 5.32 Å². The number of nitrogens with one attached hydrogen (secondary N) is 1. The molecular weight excluding hydrogens is 231 g/mol. The number of urea groups is 1. The van der Waals surface area contributed by atoms with Crippen LogP contribution in [-0.2, 0) is 0 Å². The van der Waals surface area contributed by atoms with Gasteiger partial charge in [-0.15, -0.1) is 0 Å². The van der Waals surface area contributed by atoms with Crippen molar-refractivity contribution in [1.82, 2.24) is 10.2 Å². The van der Waals surface area contributed by atoms with Crippen LogP contribution in [0, 0.1) is 5.82 Å². The molecule has 0 bridgehead atoms. The van der Waals surface area contributed by atoms with Crippen molar-refractivity contribution in [3.05, 3.63) is 35.6 Å². The minimum absolute atomic E-state index is 0.00251. The SMILES string of the molecule is CCC(C)NC(=O)N1CC(c2ccc(F)cc2)C1. The number of carbonyl (C=O) groups excluding carboxylic acids is 1. The molecule has 1 N–H and O–H groups in total. The molecule has 18 heavy (non-hydrogen) atoms. The summed E-state index contributed by atoms with van der Waals surface area (Å²) in [7, 11) is 0. The fraction of sp³-hybridized carbons (Fsp3) is 0.500. The van der Waals surface area contributed by atoms with Gasteiger partial charge in [-0.3, -0.25) is 0 Å². The molecule has 1 fully saturated rings. The third-order valence-corrected chi connectivity index (χ3v) is 3.49. The van der Waals surface area contributed by atoms with E-state index in [0.29, 0.717) is 19.0 Å². The highest BCUT2D eigenvalue weighted by molar-refractivity contribution is 5.75. The summed E-state index contributed by atoms with van der Waals surface area (Å²) in [5.41, 5.74) is 1.10. The van der Waals surface area contributed by atoms with E-state index < -0.39 is 0 Å². The topological polar surface area (TPSA) is 32.3 Å². The fourth-order valence-corrected chi connectivity index (χ4v) is 1.99. The molecule has 3 nitrogen and oxygen atoms in total. The molecule has 1 aromatic rings. The van der Waals surface area contributed by atoms with Gasteiger partial charge in [-0.05, 0) is 31.0 Å². The normalized spacial score (nSPS) is 17.2. The summed E-state index contributed by atoms with van der Waals surface area (Å²) in [6, 6.07) is 6.74. The van der Waals surface area contributed by atoms with E-state index in [1.165, 1.54) is 12.1 Å². The summed E-state index contributed by atoms with van der Waals surface area (Å²) in [5, 5.41) is 2.94. The predicted octanol–water partition coefficient (Wildman–Crippen LogP) is 2.73. The van der Waals surface area contributed by atoms with Crippen molar-refractivity contribution in [2.75, 3.05) is 13.1 Å². The van der Waals surface area contributed by atoms with Gasteiger partial charge in [0.2, 0.25) is 0 Å². The third kappa shape index (κ3) is 2.81. The van der Waals surface area contributed by atoms with Gasteiger partial charge in [0.05, 0.1) is 0 Å². The van der Waals surface area contributed by atoms with Crippen LogP contribution in [0.15, 0.2) is 24.3 Å². The molecule has 2 amide bonds. The monoisotopic (exact) mass is 250 g/mol. The highest BCUT2D eigenvalue weighted by Crippen LogP contribution is 2.26. The molecule has 1 heterocycles. The Balaban J connectivity index is 1.83. The number of halogens is 1. The summed E-state index contributed by atoms with van der Waals surface area (Å²) in [6.07, 6.45) is 0.932. The van der Waals surface area contributed by atoms with Gasteiger partial charge < -0.3 is 10.2 Å². The first-order valence-electron chi connectivity index (χ1n) is 6.41. The first-order chi connectivity index (χ1) is 8.60. The zero-order chi connectivity index (χ0) is 13.1. The molecule has 1 saturated heterocycles. The molecule has 0 spiro atoms. The lowest BCUT2D eigenvalue weighted by Gasteiger charge is -2.40. The zero-order valence-electron chi connectivity index (χ0n) is 10.8. The molecular formula is C14H19FN2O. The lowest BCUT2D eigenvalue weighted by atomic mass is 9.92.